The zero-order chi connectivity index (χ0) is 13.8. The van der Waals surface area contributed by atoms with Gasteiger partial charge in [-0.05, 0) is 54.5 Å². The van der Waals surface area contributed by atoms with E-state index in [-0.39, 0.29) is 0 Å². The van der Waals surface area contributed by atoms with Crippen LogP contribution in [0, 0.1) is 5.92 Å². The molecule has 0 amide bonds. The van der Waals surface area contributed by atoms with Crippen molar-refractivity contribution in [1.82, 2.24) is 10.3 Å². The Morgan fingerprint density at radius 1 is 1.35 bits per heavy atom. The predicted molar refractivity (Wildman–Crippen MR) is 88.3 cm³/mol. The number of nitrogens with one attached hydrogen (secondary N) is 1. The van der Waals surface area contributed by atoms with Gasteiger partial charge in [-0.1, -0.05) is 25.1 Å². The van der Waals surface area contributed by atoms with Gasteiger partial charge in [0.05, 0.1) is 5.52 Å². The lowest BCUT2D eigenvalue weighted by molar-refractivity contribution is 0.388. The van der Waals surface area contributed by atoms with E-state index in [0.717, 1.165) is 24.4 Å². The second kappa shape index (κ2) is 6.59. The molecule has 20 heavy (non-hydrogen) atoms. The summed E-state index contributed by atoms with van der Waals surface area (Å²) in [6.07, 6.45) is 4.41. The Morgan fingerprint density at radius 2 is 2.25 bits per heavy atom. The van der Waals surface area contributed by atoms with Crippen molar-refractivity contribution in [3.8, 4) is 0 Å². The first-order chi connectivity index (χ1) is 9.88. The number of rotatable bonds is 5. The van der Waals surface area contributed by atoms with Crippen LogP contribution in [0.2, 0.25) is 0 Å². The number of pyridine rings is 1. The van der Waals surface area contributed by atoms with Crippen molar-refractivity contribution < 1.29 is 0 Å². The fourth-order valence-electron chi connectivity index (χ4n) is 3.11. The summed E-state index contributed by atoms with van der Waals surface area (Å²) in [7, 11) is 0. The molecule has 2 aromatic rings. The molecule has 3 rings (SSSR count). The molecule has 3 heteroatoms. The van der Waals surface area contributed by atoms with Crippen LogP contribution in [0.5, 0.6) is 0 Å². The fraction of sp³-hybridized carbons (Fsp3) is 0.471. The summed E-state index contributed by atoms with van der Waals surface area (Å²) in [6.45, 7) is 3.26. The molecule has 0 bridgehead atoms. The first kappa shape index (κ1) is 13.9. The number of para-hydroxylation sites is 1. The molecule has 0 spiro atoms. The van der Waals surface area contributed by atoms with Gasteiger partial charge < -0.3 is 5.32 Å². The summed E-state index contributed by atoms with van der Waals surface area (Å²) in [5.74, 6) is 3.44. The van der Waals surface area contributed by atoms with E-state index in [1.807, 2.05) is 6.20 Å². The summed E-state index contributed by atoms with van der Waals surface area (Å²) >= 11 is 2.10. The molecule has 0 saturated carbocycles. The second-order valence-corrected chi connectivity index (χ2v) is 6.63. The quantitative estimate of drug-likeness (QED) is 0.910. The lowest BCUT2D eigenvalue weighted by atomic mass is 9.91. The van der Waals surface area contributed by atoms with E-state index in [2.05, 4.69) is 59.3 Å². The molecular formula is C17H22N2S. The monoisotopic (exact) mass is 286 g/mol. The van der Waals surface area contributed by atoms with Gasteiger partial charge in [-0.3, -0.25) is 4.98 Å². The van der Waals surface area contributed by atoms with E-state index in [1.165, 1.54) is 28.9 Å². The van der Waals surface area contributed by atoms with Crippen LogP contribution in [0.15, 0.2) is 36.5 Å². The number of benzene rings is 1. The van der Waals surface area contributed by atoms with Crippen molar-refractivity contribution in [2.45, 2.75) is 25.8 Å². The molecule has 2 unspecified atom stereocenters. The third kappa shape index (κ3) is 2.99. The number of likely N-dealkylation sites (N-methyl/N-ethyl adjacent to an activating group) is 1. The third-order valence-electron chi connectivity index (χ3n) is 4.18. The minimum atomic E-state index is 0.598. The van der Waals surface area contributed by atoms with E-state index in [4.69, 9.17) is 0 Å². The smallest absolute Gasteiger partial charge is 0.0704 e. The molecule has 2 nitrogen and oxygen atoms in total. The van der Waals surface area contributed by atoms with E-state index >= 15 is 0 Å². The van der Waals surface area contributed by atoms with Crippen LogP contribution in [-0.2, 0) is 6.42 Å². The largest absolute Gasteiger partial charge is 0.314 e. The van der Waals surface area contributed by atoms with Gasteiger partial charge in [0.25, 0.3) is 0 Å². The van der Waals surface area contributed by atoms with E-state index in [9.17, 15) is 0 Å². The minimum Gasteiger partial charge on any atom is -0.314 e. The number of nitrogens with zero attached hydrogens (tertiary/aromatic N) is 1. The molecule has 106 valence electrons. The molecule has 1 saturated heterocycles. The molecule has 2 heterocycles. The van der Waals surface area contributed by atoms with Crippen LogP contribution in [0.3, 0.4) is 0 Å². The summed E-state index contributed by atoms with van der Waals surface area (Å²) in [6, 6.07) is 11.3. The van der Waals surface area contributed by atoms with Crippen molar-refractivity contribution in [3.63, 3.8) is 0 Å². The second-order valence-electron chi connectivity index (χ2n) is 5.48. The Kier molecular flexibility index (Phi) is 4.58. The number of fused-ring (bicyclic) bond motifs is 1. The molecule has 1 fully saturated rings. The Labute approximate surface area is 125 Å². The van der Waals surface area contributed by atoms with Gasteiger partial charge in [0, 0.05) is 17.6 Å². The van der Waals surface area contributed by atoms with E-state index < -0.39 is 0 Å². The summed E-state index contributed by atoms with van der Waals surface area (Å²) in [5, 5.41) is 5.01. The van der Waals surface area contributed by atoms with Crippen molar-refractivity contribution >= 4 is 22.7 Å². The van der Waals surface area contributed by atoms with Crippen molar-refractivity contribution in [3.05, 3.63) is 42.1 Å². The average Bonchev–Trinajstić information content (AvgIpc) is 3.01. The van der Waals surface area contributed by atoms with Gasteiger partial charge in [0.15, 0.2) is 0 Å². The van der Waals surface area contributed by atoms with Gasteiger partial charge in [-0.15, -0.1) is 0 Å². The number of thioether (sulfide) groups is 1. The lowest BCUT2D eigenvalue weighted by Gasteiger charge is -2.24. The predicted octanol–water partition coefficient (Wildman–Crippen LogP) is 3.51. The average molecular weight is 286 g/mol. The summed E-state index contributed by atoms with van der Waals surface area (Å²) < 4.78 is 0. The molecule has 2 atom stereocenters. The molecule has 1 aromatic heterocycles. The van der Waals surface area contributed by atoms with Crippen molar-refractivity contribution in [1.29, 1.82) is 0 Å². The topological polar surface area (TPSA) is 24.9 Å². The first-order valence-electron chi connectivity index (χ1n) is 7.52. The number of hydrogen-bond donors (Lipinski definition) is 1. The van der Waals surface area contributed by atoms with Crippen LogP contribution in [0.1, 0.15) is 18.9 Å². The first-order valence-corrected chi connectivity index (χ1v) is 8.67. The van der Waals surface area contributed by atoms with E-state index in [1.54, 1.807) is 0 Å². The van der Waals surface area contributed by atoms with Gasteiger partial charge in [0.1, 0.15) is 0 Å². The maximum Gasteiger partial charge on any atom is 0.0704 e. The molecule has 1 aliphatic heterocycles. The zero-order valence-corrected chi connectivity index (χ0v) is 12.8. The number of aromatic nitrogens is 1. The minimum absolute atomic E-state index is 0.598. The Bertz CT molecular complexity index is 558. The highest BCUT2D eigenvalue weighted by Crippen LogP contribution is 2.29. The van der Waals surface area contributed by atoms with E-state index in [0.29, 0.717) is 6.04 Å². The Balaban J connectivity index is 1.86. The Hall–Kier alpha value is -1.06. The lowest BCUT2D eigenvalue weighted by Crippen LogP contribution is -2.38. The highest BCUT2D eigenvalue weighted by molar-refractivity contribution is 7.99. The molecule has 1 aromatic carbocycles. The van der Waals surface area contributed by atoms with Crippen LogP contribution >= 0.6 is 11.8 Å². The maximum atomic E-state index is 4.47. The molecular weight excluding hydrogens is 264 g/mol. The molecule has 1 aliphatic rings. The highest BCUT2D eigenvalue weighted by Gasteiger charge is 2.25. The normalized spacial score (nSPS) is 20.4. The Morgan fingerprint density at radius 3 is 3.05 bits per heavy atom. The summed E-state index contributed by atoms with van der Waals surface area (Å²) in [5.41, 5.74) is 2.54. The van der Waals surface area contributed by atoms with Crippen LogP contribution in [0.4, 0.5) is 0 Å². The van der Waals surface area contributed by atoms with Crippen LogP contribution in [-0.4, -0.2) is 29.1 Å². The van der Waals surface area contributed by atoms with Gasteiger partial charge in [-0.25, -0.2) is 0 Å². The van der Waals surface area contributed by atoms with Crippen LogP contribution < -0.4 is 5.32 Å². The summed E-state index contributed by atoms with van der Waals surface area (Å²) in [4.78, 5) is 4.47. The number of hydrogen-bond acceptors (Lipinski definition) is 3. The van der Waals surface area contributed by atoms with Gasteiger partial charge in [-0.2, -0.15) is 11.8 Å². The van der Waals surface area contributed by atoms with Crippen LogP contribution in [0.25, 0.3) is 10.9 Å². The molecule has 0 radical (unpaired) electrons. The van der Waals surface area contributed by atoms with Crippen molar-refractivity contribution in [2.75, 3.05) is 18.1 Å². The SMILES string of the molecule is CCNC(Cc1ccnc2ccccc12)C1CCSC1. The maximum absolute atomic E-state index is 4.47. The van der Waals surface area contributed by atoms with Gasteiger partial charge >= 0.3 is 0 Å². The van der Waals surface area contributed by atoms with Crippen molar-refractivity contribution in [2.24, 2.45) is 5.92 Å². The standard InChI is InChI=1S/C17H22N2S/c1-2-18-17(14-8-10-20-12-14)11-13-7-9-19-16-6-4-3-5-15(13)16/h3-7,9,14,17-18H,2,8,10-12H2,1H3. The zero-order valence-electron chi connectivity index (χ0n) is 12.0. The fourth-order valence-corrected chi connectivity index (χ4v) is 4.45. The van der Waals surface area contributed by atoms with Gasteiger partial charge in [0.2, 0.25) is 0 Å². The highest BCUT2D eigenvalue weighted by atomic mass is 32.2. The molecule has 0 aliphatic carbocycles. The molecule has 1 N–H and O–H groups in total. The third-order valence-corrected chi connectivity index (χ3v) is 5.37.